The lowest BCUT2D eigenvalue weighted by atomic mass is 9.97. The summed E-state index contributed by atoms with van der Waals surface area (Å²) >= 11 is 6.82. The van der Waals surface area contributed by atoms with Crippen LogP contribution in [0.4, 0.5) is 5.69 Å². The fraction of sp³-hybridized carbons (Fsp3) is 0.111. The molecule has 2 aromatic carbocycles. The number of aldehydes is 1. The number of hydrogen-bond acceptors (Lipinski definition) is 5. The molecule has 4 rings (SSSR count). The van der Waals surface area contributed by atoms with E-state index in [-0.39, 0.29) is 5.91 Å². The molecule has 1 amide bonds. The number of halogens is 1. The fourth-order valence-electron chi connectivity index (χ4n) is 3.66. The van der Waals surface area contributed by atoms with Crippen molar-refractivity contribution in [3.8, 4) is 28.1 Å². The van der Waals surface area contributed by atoms with Gasteiger partial charge in [0.1, 0.15) is 11.4 Å². The van der Waals surface area contributed by atoms with E-state index >= 15 is 0 Å². The summed E-state index contributed by atoms with van der Waals surface area (Å²) in [5, 5.41) is 3.39. The van der Waals surface area contributed by atoms with Crippen molar-refractivity contribution in [1.29, 1.82) is 0 Å². The Morgan fingerprint density at radius 2 is 1.85 bits per heavy atom. The summed E-state index contributed by atoms with van der Waals surface area (Å²) in [7, 11) is 1.51. The summed E-state index contributed by atoms with van der Waals surface area (Å²) < 4.78 is 5.32. The number of rotatable bonds is 6. The Labute approximate surface area is 202 Å². The van der Waals surface area contributed by atoms with Gasteiger partial charge in [-0.25, -0.2) is 0 Å². The first-order valence-electron chi connectivity index (χ1n) is 10.5. The van der Waals surface area contributed by atoms with Crippen molar-refractivity contribution in [2.75, 3.05) is 12.4 Å². The van der Waals surface area contributed by atoms with Crippen LogP contribution in [-0.2, 0) is 0 Å². The predicted octanol–water partition coefficient (Wildman–Crippen LogP) is 6.15. The van der Waals surface area contributed by atoms with E-state index in [2.05, 4.69) is 15.3 Å². The molecule has 0 saturated carbocycles. The first-order chi connectivity index (χ1) is 16.4. The normalized spacial score (nSPS) is 10.6. The molecule has 0 unspecified atom stereocenters. The number of carbonyl (C=O) groups is 2. The number of anilines is 1. The van der Waals surface area contributed by atoms with Gasteiger partial charge in [-0.05, 0) is 60.9 Å². The lowest BCUT2D eigenvalue weighted by Crippen LogP contribution is -2.14. The predicted molar refractivity (Wildman–Crippen MR) is 134 cm³/mol. The average Bonchev–Trinajstić information content (AvgIpc) is 2.85. The van der Waals surface area contributed by atoms with Gasteiger partial charge in [0.2, 0.25) is 0 Å². The third kappa shape index (κ3) is 4.54. The van der Waals surface area contributed by atoms with E-state index in [1.807, 2.05) is 44.2 Å². The first kappa shape index (κ1) is 23.1. The van der Waals surface area contributed by atoms with Crippen LogP contribution in [0.1, 0.15) is 32.0 Å². The molecule has 0 bridgehead atoms. The molecule has 0 spiro atoms. The molecule has 4 aromatic rings. The zero-order valence-electron chi connectivity index (χ0n) is 18.9. The van der Waals surface area contributed by atoms with E-state index in [4.69, 9.17) is 16.3 Å². The van der Waals surface area contributed by atoms with Gasteiger partial charge in [0.05, 0.1) is 23.4 Å². The molecule has 34 heavy (non-hydrogen) atoms. The average molecular weight is 472 g/mol. The second-order valence-electron chi connectivity index (χ2n) is 7.75. The molecule has 2 heterocycles. The minimum absolute atomic E-state index is 0.288. The molecular formula is C27H22ClN3O3. The molecule has 0 aliphatic rings. The van der Waals surface area contributed by atoms with Crippen LogP contribution >= 0.6 is 11.6 Å². The van der Waals surface area contributed by atoms with E-state index in [1.165, 1.54) is 7.11 Å². The number of amides is 1. The number of aromatic nitrogens is 2. The van der Waals surface area contributed by atoms with Gasteiger partial charge in [-0.2, -0.15) is 0 Å². The number of pyridine rings is 2. The summed E-state index contributed by atoms with van der Waals surface area (Å²) in [6.45, 7) is 3.84. The van der Waals surface area contributed by atoms with Gasteiger partial charge in [0.25, 0.3) is 5.91 Å². The lowest BCUT2D eigenvalue weighted by molar-refractivity contribution is 0.102. The number of carbonyl (C=O) groups excluding carboxylic acids is 2. The molecular weight excluding hydrogens is 450 g/mol. The van der Waals surface area contributed by atoms with E-state index in [0.29, 0.717) is 33.4 Å². The van der Waals surface area contributed by atoms with Gasteiger partial charge in [-0.1, -0.05) is 35.9 Å². The van der Waals surface area contributed by atoms with Gasteiger partial charge >= 0.3 is 0 Å². The highest BCUT2D eigenvalue weighted by Crippen LogP contribution is 2.39. The quantitative estimate of drug-likeness (QED) is 0.341. The van der Waals surface area contributed by atoms with E-state index in [1.54, 1.807) is 36.7 Å². The number of benzene rings is 2. The fourth-order valence-corrected chi connectivity index (χ4v) is 3.98. The van der Waals surface area contributed by atoms with Crippen molar-refractivity contribution in [1.82, 2.24) is 9.97 Å². The number of aryl methyl sites for hydroxylation is 1. The summed E-state index contributed by atoms with van der Waals surface area (Å²) in [5.74, 6) is 0.158. The van der Waals surface area contributed by atoms with E-state index < -0.39 is 0 Å². The molecule has 0 atom stereocenters. The molecule has 0 fully saturated rings. The highest BCUT2D eigenvalue weighted by atomic mass is 35.5. The maximum Gasteiger partial charge on any atom is 0.274 e. The molecule has 2 aromatic heterocycles. The molecule has 1 N–H and O–H groups in total. The maximum absolute atomic E-state index is 12.7. The molecule has 6 nitrogen and oxygen atoms in total. The Balaban J connectivity index is 1.71. The van der Waals surface area contributed by atoms with Crippen molar-refractivity contribution < 1.29 is 14.3 Å². The molecule has 0 saturated heterocycles. The van der Waals surface area contributed by atoms with Crippen LogP contribution in [0.15, 0.2) is 67.0 Å². The van der Waals surface area contributed by atoms with Gasteiger partial charge in [-0.15, -0.1) is 0 Å². The van der Waals surface area contributed by atoms with Gasteiger partial charge in [0, 0.05) is 29.2 Å². The molecule has 7 heteroatoms. The van der Waals surface area contributed by atoms with Gasteiger partial charge in [-0.3, -0.25) is 19.6 Å². The summed E-state index contributed by atoms with van der Waals surface area (Å²) in [6.07, 6.45) is 4.08. The van der Waals surface area contributed by atoms with Crippen LogP contribution in [0.5, 0.6) is 5.75 Å². The number of methoxy groups -OCH3 is 1. The van der Waals surface area contributed by atoms with Crippen molar-refractivity contribution in [2.24, 2.45) is 0 Å². The monoisotopic (exact) mass is 471 g/mol. The lowest BCUT2D eigenvalue weighted by Gasteiger charge is -2.15. The molecule has 170 valence electrons. The standard InChI is InChI=1S/C27H22ClN3O3/c1-16-7-10-23(30-14-16)27(33)31-22-6-4-5-20(17(22)2)21-11-12-29-26(25(21)28)18-8-9-19(15-32)24(13-18)34-3/h4-15H,1-3H3,(H,31,33). The molecule has 0 aliphatic heterocycles. The Kier molecular flexibility index (Phi) is 6.70. The second-order valence-corrected chi connectivity index (χ2v) is 8.13. The van der Waals surface area contributed by atoms with Crippen molar-refractivity contribution >= 4 is 29.5 Å². The van der Waals surface area contributed by atoms with Crippen LogP contribution in [0.25, 0.3) is 22.4 Å². The van der Waals surface area contributed by atoms with Crippen LogP contribution < -0.4 is 10.1 Å². The largest absolute Gasteiger partial charge is 0.496 e. The number of ether oxygens (including phenoxy) is 1. The summed E-state index contributed by atoms with van der Waals surface area (Å²) in [6, 6.07) is 16.2. The number of nitrogens with one attached hydrogen (secondary N) is 1. The Hall–Kier alpha value is -4.03. The van der Waals surface area contributed by atoms with Gasteiger partial charge in [0.15, 0.2) is 6.29 Å². The molecule has 0 aliphatic carbocycles. The van der Waals surface area contributed by atoms with E-state index in [0.717, 1.165) is 34.1 Å². The summed E-state index contributed by atoms with van der Waals surface area (Å²) in [4.78, 5) is 32.6. The summed E-state index contributed by atoms with van der Waals surface area (Å²) in [5.41, 5.74) is 6.21. The second kappa shape index (κ2) is 9.85. The maximum atomic E-state index is 12.7. The minimum Gasteiger partial charge on any atom is -0.496 e. The topological polar surface area (TPSA) is 81.2 Å². The van der Waals surface area contributed by atoms with Crippen LogP contribution in [0.3, 0.4) is 0 Å². The van der Waals surface area contributed by atoms with Crippen molar-refractivity contribution in [3.63, 3.8) is 0 Å². The Bertz CT molecular complexity index is 1380. The molecule has 0 radical (unpaired) electrons. The van der Waals surface area contributed by atoms with E-state index in [9.17, 15) is 9.59 Å². The Morgan fingerprint density at radius 1 is 1.03 bits per heavy atom. The highest BCUT2D eigenvalue weighted by molar-refractivity contribution is 6.35. The zero-order valence-corrected chi connectivity index (χ0v) is 19.7. The smallest absolute Gasteiger partial charge is 0.274 e. The zero-order chi connectivity index (χ0) is 24.2. The number of hydrogen-bond donors (Lipinski definition) is 1. The van der Waals surface area contributed by atoms with Crippen LogP contribution in [0, 0.1) is 13.8 Å². The van der Waals surface area contributed by atoms with Crippen LogP contribution in [0.2, 0.25) is 5.02 Å². The minimum atomic E-state index is -0.288. The Morgan fingerprint density at radius 3 is 2.56 bits per heavy atom. The van der Waals surface area contributed by atoms with Crippen molar-refractivity contribution in [2.45, 2.75) is 13.8 Å². The third-order valence-electron chi connectivity index (χ3n) is 5.54. The SMILES string of the molecule is COc1cc(-c2nccc(-c3cccc(NC(=O)c4ccc(C)cn4)c3C)c2Cl)ccc1C=O. The third-order valence-corrected chi connectivity index (χ3v) is 5.92. The van der Waals surface area contributed by atoms with Gasteiger partial charge < -0.3 is 10.1 Å². The van der Waals surface area contributed by atoms with Crippen LogP contribution in [-0.4, -0.2) is 29.3 Å². The number of nitrogens with zero attached hydrogens (tertiary/aromatic N) is 2. The first-order valence-corrected chi connectivity index (χ1v) is 10.9. The van der Waals surface area contributed by atoms with Crippen molar-refractivity contribution in [3.05, 3.63) is 94.4 Å². The highest BCUT2D eigenvalue weighted by Gasteiger charge is 2.17.